The molecule has 1 heteroatoms. The smallest absolute Gasteiger partial charge is 0.119 e. The van der Waals surface area contributed by atoms with Crippen molar-refractivity contribution in [3.8, 4) is 5.75 Å². The van der Waals surface area contributed by atoms with E-state index < -0.39 is 0 Å². The summed E-state index contributed by atoms with van der Waals surface area (Å²) in [6.07, 6.45) is 14.6. The molecule has 2 rings (SSSR count). The lowest BCUT2D eigenvalue weighted by Gasteiger charge is -2.29. The van der Waals surface area contributed by atoms with Crippen molar-refractivity contribution in [2.75, 3.05) is 6.61 Å². The normalized spacial score (nSPS) is 20.0. The molecule has 0 fully saturated rings. The molecule has 0 bridgehead atoms. The second kappa shape index (κ2) is 11.4. The topological polar surface area (TPSA) is 9.23 Å². The van der Waals surface area contributed by atoms with Crippen LogP contribution in [0.15, 0.2) is 42.0 Å². The van der Waals surface area contributed by atoms with Crippen LogP contribution in [0.5, 0.6) is 5.75 Å². The quantitative estimate of drug-likeness (QED) is 0.300. The van der Waals surface area contributed by atoms with Crippen LogP contribution in [0, 0.1) is 17.8 Å². The van der Waals surface area contributed by atoms with Gasteiger partial charge in [0.2, 0.25) is 0 Å². The minimum absolute atomic E-state index is 0.718. The molecule has 1 aliphatic carbocycles. The van der Waals surface area contributed by atoms with Crippen molar-refractivity contribution in [1.29, 1.82) is 0 Å². The maximum Gasteiger partial charge on any atom is 0.119 e. The average Bonchev–Trinajstić information content (AvgIpc) is 2.66. The zero-order valence-electron chi connectivity index (χ0n) is 16.7. The summed E-state index contributed by atoms with van der Waals surface area (Å²) in [4.78, 5) is 0. The van der Waals surface area contributed by atoms with E-state index in [4.69, 9.17) is 4.74 Å². The second-order valence-electron chi connectivity index (χ2n) is 7.99. The zero-order chi connectivity index (χ0) is 17.9. The number of allylic oxidation sites excluding steroid dienone is 2. The van der Waals surface area contributed by atoms with Gasteiger partial charge in [-0.2, -0.15) is 0 Å². The van der Waals surface area contributed by atoms with Crippen molar-refractivity contribution < 1.29 is 4.74 Å². The molecule has 0 spiro atoms. The Kier molecular flexibility index (Phi) is 9.15. The second-order valence-corrected chi connectivity index (χ2v) is 7.99. The maximum atomic E-state index is 5.82. The number of para-hydroxylation sites is 1. The van der Waals surface area contributed by atoms with Gasteiger partial charge < -0.3 is 4.74 Å². The van der Waals surface area contributed by atoms with Gasteiger partial charge in [0.05, 0.1) is 6.61 Å². The molecule has 1 nitrogen and oxygen atoms in total. The molecule has 1 aromatic rings. The molecule has 140 valence electrons. The Morgan fingerprint density at radius 2 is 1.84 bits per heavy atom. The first-order valence-electron chi connectivity index (χ1n) is 10.6. The summed E-state index contributed by atoms with van der Waals surface area (Å²) in [5, 5.41) is 0. The van der Waals surface area contributed by atoms with Gasteiger partial charge in [-0.05, 0) is 62.0 Å². The van der Waals surface area contributed by atoms with Crippen LogP contribution >= 0.6 is 0 Å². The molecule has 0 aromatic heterocycles. The highest BCUT2D eigenvalue weighted by atomic mass is 16.5. The highest BCUT2D eigenvalue weighted by molar-refractivity contribution is 5.20. The summed E-state index contributed by atoms with van der Waals surface area (Å²) in [7, 11) is 0. The third kappa shape index (κ3) is 7.26. The molecule has 0 aliphatic heterocycles. The molecule has 0 heterocycles. The summed E-state index contributed by atoms with van der Waals surface area (Å²) in [6.45, 7) is 8.01. The minimum atomic E-state index is 0.718. The lowest BCUT2D eigenvalue weighted by molar-refractivity contribution is 0.286. The van der Waals surface area contributed by atoms with Crippen LogP contribution in [0.25, 0.3) is 0 Å². The van der Waals surface area contributed by atoms with E-state index in [1.165, 1.54) is 51.4 Å². The predicted octanol–water partition coefficient (Wildman–Crippen LogP) is 7.42. The average molecular weight is 343 g/mol. The third-order valence-electron chi connectivity index (χ3n) is 5.98. The molecular weight excluding hydrogens is 304 g/mol. The molecule has 3 atom stereocenters. The summed E-state index contributed by atoms with van der Waals surface area (Å²) in [6, 6.07) is 10.2. The molecule has 25 heavy (non-hydrogen) atoms. The van der Waals surface area contributed by atoms with Gasteiger partial charge in [0.15, 0.2) is 0 Å². The van der Waals surface area contributed by atoms with Crippen molar-refractivity contribution in [3.05, 3.63) is 42.0 Å². The Morgan fingerprint density at radius 3 is 2.52 bits per heavy atom. The SMILES string of the molecule is CCCCCC(C)C1CC=C(C(C)CCCOc2ccccc2)CC1. The highest BCUT2D eigenvalue weighted by Crippen LogP contribution is 2.35. The van der Waals surface area contributed by atoms with Gasteiger partial charge in [-0.1, -0.05) is 76.3 Å². The fourth-order valence-corrected chi connectivity index (χ4v) is 4.07. The van der Waals surface area contributed by atoms with E-state index in [2.05, 4.69) is 26.8 Å². The number of ether oxygens (including phenoxy) is 1. The van der Waals surface area contributed by atoms with Crippen molar-refractivity contribution in [2.24, 2.45) is 17.8 Å². The Bertz CT molecular complexity index is 490. The number of hydrogen-bond donors (Lipinski definition) is 0. The molecule has 3 unspecified atom stereocenters. The summed E-state index contributed by atoms with van der Waals surface area (Å²) < 4.78 is 5.82. The van der Waals surface area contributed by atoms with E-state index in [1.807, 2.05) is 30.3 Å². The molecule has 0 saturated heterocycles. The molecule has 0 amide bonds. The van der Waals surface area contributed by atoms with Gasteiger partial charge in [0.1, 0.15) is 5.75 Å². The van der Waals surface area contributed by atoms with Crippen molar-refractivity contribution >= 4 is 0 Å². The van der Waals surface area contributed by atoms with Gasteiger partial charge in [0.25, 0.3) is 0 Å². The maximum absolute atomic E-state index is 5.82. The largest absolute Gasteiger partial charge is 0.494 e. The number of unbranched alkanes of at least 4 members (excludes halogenated alkanes) is 2. The first-order chi connectivity index (χ1) is 12.2. The van der Waals surface area contributed by atoms with Gasteiger partial charge in [-0.25, -0.2) is 0 Å². The van der Waals surface area contributed by atoms with Crippen LogP contribution in [0.3, 0.4) is 0 Å². The number of hydrogen-bond acceptors (Lipinski definition) is 1. The minimum Gasteiger partial charge on any atom is -0.494 e. The number of rotatable bonds is 11. The van der Waals surface area contributed by atoms with E-state index >= 15 is 0 Å². The molecule has 0 saturated carbocycles. The van der Waals surface area contributed by atoms with Crippen molar-refractivity contribution in [1.82, 2.24) is 0 Å². The number of benzene rings is 1. The molecule has 0 N–H and O–H groups in total. The highest BCUT2D eigenvalue weighted by Gasteiger charge is 2.22. The zero-order valence-corrected chi connectivity index (χ0v) is 16.7. The predicted molar refractivity (Wildman–Crippen MR) is 109 cm³/mol. The first-order valence-corrected chi connectivity index (χ1v) is 10.6. The van der Waals surface area contributed by atoms with Crippen LogP contribution in [-0.2, 0) is 0 Å². The van der Waals surface area contributed by atoms with Gasteiger partial charge in [-0.15, -0.1) is 0 Å². The fraction of sp³-hybridized carbons (Fsp3) is 0.667. The van der Waals surface area contributed by atoms with Crippen LogP contribution in [0.2, 0.25) is 0 Å². The van der Waals surface area contributed by atoms with Gasteiger partial charge in [0, 0.05) is 0 Å². The standard InChI is InChI=1S/C24H38O/c1-4-5-7-11-20(2)22-15-17-23(18-16-22)21(3)12-10-19-25-24-13-8-6-9-14-24/h6,8-9,13-14,17,20-22H,4-5,7,10-12,15-16,18-19H2,1-3H3. The van der Waals surface area contributed by atoms with Crippen LogP contribution in [-0.4, -0.2) is 6.61 Å². The van der Waals surface area contributed by atoms with Crippen molar-refractivity contribution in [2.45, 2.75) is 78.6 Å². The Morgan fingerprint density at radius 1 is 1.04 bits per heavy atom. The van der Waals surface area contributed by atoms with E-state index in [9.17, 15) is 0 Å². The summed E-state index contributed by atoms with van der Waals surface area (Å²) in [5.74, 6) is 3.54. The summed E-state index contributed by atoms with van der Waals surface area (Å²) in [5.41, 5.74) is 1.71. The van der Waals surface area contributed by atoms with E-state index in [1.54, 1.807) is 5.57 Å². The summed E-state index contributed by atoms with van der Waals surface area (Å²) >= 11 is 0. The van der Waals surface area contributed by atoms with Gasteiger partial charge in [-0.3, -0.25) is 0 Å². The van der Waals surface area contributed by atoms with Crippen LogP contribution in [0.4, 0.5) is 0 Å². The van der Waals surface area contributed by atoms with E-state index in [-0.39, 0.29) is 0 Å². The Hall–Kier alpha value is -1.24. The van der Waals surface area contributed by atoms with Crippen LogP contribution in [0.1, 0.15) is 78.6 Å². The fourth-order valence-electron chi connectivity index (χ4n) is 4.07. The Labute approximate surface area is 155 Å². The van der Waals surface area contributed by atoms with E-state index in [0.717, 1.165) is 36.5 Å². The third-order valence-corrected chi connectivity index (χ3v) is 5.98. The van der Waals surface area contributed by atoms with Crippen molar-refractivity contribution in [3.63, 3.8) is 0 Å². The Balaban J connectivity index is 1.64. The lowest BCUT2D eigenvalue weighted by atomic mass is 9.76. The molecule has 0 radical (unpaired) electrons. The monoisotopic (exact) mass is 342 g/mol. The molecule has 1 aromatic carbocycles. The first kappa shape index (κ1) is 20.1. The molecule has 1 aliphatic rings. The van der Waals surface area contributed by atoms with E-state index in [0.29, 0.717) is 0 Å². The van der Waals surface area contributed by atoms with Gasteiger partial charge >= 0.3 is 0 Å². The lowest BCUT2D eigenvalue weighted by Crippen LogP contribution is -2.17. The van der Waals surface area contributed by atoms with Crippen LogP contribution < -0.4 is 4.74 Å². The molecular formula is C24H38O.